The number of pyridine rings is 1. The van der Waals surface area contributed by atoms with Gasteiger partial charge in [-0.3, -0.25) is 0 Å². The largest absolute Gasteiger partial charge is 0.368 e. The van der Waals surface area contributed by atoms with Crippen LogP contribution in [0.15, 0.2) is 18.3 Å². The summed E-state index contributed by atoms with van der Waals surface area (Å²) < 4.78 is 0. The van der Waals surface area contributed by atoms with Gasteiger partial charge in [-0.05, 0) is 37.5 Å². The molecule has 0 aliphatic heterocycles. The Morgan fingerprint density at radius 3 is 3.13 bits per heavy atom. The maximum absolute atomic E-state index is 8.73. The minimum atomic E-state index is 0.388. The lowest BCUT2D eigenvalue weighted by Crippen LogP contribution is -2.16. The van der Waals surface area contributed by atoms with Gasteiger partial charge in [0.15, 0.2) is 0 Å². The smallest absolute Gasteiger partial charge is 0.127 e. The minimum Gasteiger partial charge on any atom is -0.368 e. The highest BCUT2D eigenvalue weighted by molar-refractivity contribution is 7.98. The number of thioether (sulfide) groups is 1. The zero-order chi connectivity index (χ0) is 11.1. The first-order valence-corrected chi connectivity index (χ1v) is 6.27. The molecule has 0 aromatic carbocycles. The molecule has 0 saturated heterocycles. The Hall–Kier alpha value is -1.21. The molecule has 1 heterocycles. The molecule has 0 aliphatic rings. The molecule has 0 radical (unpaired) electrons. The highest BCUT2D eigenvalue weighted by Crippen LogP contribution is 2.09. The molecular weight excluding hydrogens is 206 g/mol. The maximum Gasteiger partial charge on any atom is 0.127 e. The van der Waals surface area contributed by atoms with E-state index in [1.54, 1.807) is 18.3 Å². The van der Waals surface area contributed by atoms with Gasteiger partial charge < -0.3 is 5.32 Å². The first-order valence-electron chi connectivity index (χ1n) is 4.88. The Kier molecular flexibility index (Phi) is 4.99. The molecule has 80 valence electrons. The van der Waals surface area contributed by atoms with Gasteiger partial charge in [-0.25, -0.2) is 4.98 Å². The summed E-state index contributed by atoms with van der Waals surface area (Å²) in [7, 11) is 0. The Bertz CT molecular complexity index is 346. The summed E-state index contributed by atoms with van der Waals surface area (Å²) in [6, 6.07) is 5.97. The van der Waals surface area contributed by atoms with Gasteiger partial charge in [-0.15, -0.1) is 0 Å². The lowest BCUT2D eigenvalue weighted by atomic mass is 10.2. The van der Waals surface area contributed by atoms with Crippen LogP contribution in [0.5, 0.6) is 0 Å². The first kappa shape index (κ1) is 11.9. The second-order valence-electron chi connectivity index (χ2n) is 3.37. The number of nitrogens with zero attached hydrogens (tertiary/aromatic N) is 2. The first-order chi connectivity index (χ1) is 7.26. The molecule has 3 nitrogen and oxygen atoms in total. The highest BCUT2D eigenvalue weighted by atomic mass is 32.2. The summed E-state index contributed by atoms with van der Waals surface area (Å²) in [6.45, 7) is 2.12. The van der Waals surface area contributed by atoms with Gasteiger partial charge in [0.2, 0.25) is 0 Å². The number of anilines is 1. The van der Waals surface area contributed by atoms with Gasteiger partial charge in [0.1, 0.15) is 5.82 Å². The predicted molar refractivity (Wildman–Crippen MR) is 65.0 cm³/mol. The molecule has 0 fully saturated rings. The molecule has 0 amide bonds. The molecule has 1 aromatic rings. The van der Waals surface area contributed by atoms with E-state index in [0.717, 1.165) is 18.0 Å². The molecule has 0 aliphatic carbocycles. The van der Waals surface area contributed by atoms with Crippen LogP contribution in [0.25, 0.3) is 0 Å². The van der Waals surface area contributed by atoms with Gasteiger partial charge in [-0.1, -0.05) is 0 Å². The van der Waals surface area contributed by atoms with Crippen molar-refractivity contribution < 1.29 is 0 Å². The van der Waals surface area contributed by atoms with Crippen molar-refractivity contribution in [3.8, 4) is 6.07 Å². The van der Waals surface area contributed by atoms with Crippen molar-refractivity contribution in [2.45, 2.75) is 19.4 Å². The molecule has 1 aromatic heterocycles. The molecule has 1 N–H and O–H groups in total. The molecule has 0 saturated carbocycles. The van der Waals surface area contributed by atoms with E-state index >= 15 is 0 Å². The second-order valence-corrected chi connectivity index (χ2v) is 4.35. The average molecular weight is 221 g/mol. The molecule has 4 heteroatoms. The molecular formula is C11H15N3S. The standard InChI is InChI=1S/C11H15N3S/c1-9(4-6-15-2)14-11-7-10(8-12)3-5-13-11/h3,5,7,9H,4,6H2,1-2H3,(H,13,14). The van der Waals surface area contributed by atoms with Crippen molar-refractivity contribution in [2.24, 2.45) is 0 Å². The van der Waals surface area contributed by atoms with Crippen molar-refractivity contribution in [1.29, 1.82) is 5.26 Å². The van der Waals surface area contributed by atoms with Crippen molar-refractivity contribution in [3.05, 3.63) is 23.9 Å². The topological polar surface area (TPSA) is 48.7 Å². The van der Waals surface area contributed by atoms with Crippen molar-refractivity contribution >= 4 is 17.6 Å². The third-order valence-corrected chi connectivity index (χ3v) is 2.68. The van der Waals surface area contributed by atoms with Gasteiger partial charge in [-0.2, -0.15) is 17.0 Å². The Morgan fingerprint density at radius 2 is 2.47 bits per heavy atom. The van der Waals surface area contributed by atoms with Crippen LogP contribution in [0, 0.1) is 11.3 Å². The zero-order valence-electron chi connectivity index (χ0n) is 9.03. The van der Waals surface area contributed by atoms with Gasteiger partial charge in [0, 0.05) is 12.2 Å². The van der Waals surface area contributed by atoms with Crippen LogP contribution >= 0.6 is 11.8 Å². The zero-order valence-corrected chi connectivity index (χ0v) is 9.84. The summed E-state index contributed by atoms with van der Waals surface area (Å²) in [5.41, 5.74) is 0.643. The Morgan fingerprint density at radius 1 is 1.67 bits per heavy atom. The highest BCUT2D eigenvalue weighted by Gasteiger charge is 2.02. The summed E-state index contributed by atoms with van der Waals surface area (Å²) in [6.07, 6.45) is 4.85. The van der Waals surface area contributed by atoms with E-state index in [1.807, 2.05) is 11.8 Å². The van der Waals surface area contributed by atoms with E-state index in [9.17, 15) is 0 Å². The fourth-order valence-electron chi connectivity index (χ4n) is 1.20. The van der Waals surface area contributed by atoms with E-state index in [-0.39, 0.29) is 0 Å². The Balaban J connectivity index is 2.53. The van der Waals surface area contributed by atoms with Crippen molar-refractivity contribution in [3.63, 3.8) is 0 Å². The van der Waals surface area contributed by atoms with Crippen molar-refractivity contribution in [1.82, 2.24) is 4.98 Å². The number of hydrogen-bond donors (Lipinski definition) is 1. The van der Waals surface area contributed by atoms with Gasteiger partial charge >= 0.3 is 0 Å². The van der Waals surface area contributed by atoms with E-state index in [2.05, 4.69) is 29.5 Å². The predicted octanol–water partition coefficient (Wildman–Crippen LogP) is 2.51. The number of nitriles is 1. The average Bonchev–Trinajstić information content (AvgIpc) is 2.26. The van der Waals surface area contributed by atoms with Crippen molar-refractivity contribution in [2.75, 3.05) is 17.3 Å². The van der Waals surface area contributed by atoms with Crippen LogP contribution in [0.1, 0.15) is 18.9 Å². The molecule has 1 rings (SSSR count). The van der Waals surface area contributed by atoms with Crippen LogP contribution in [-0.2, 0) is 0 Å². The monoisotopic (exact) mass is 221 g/mol. The van der Waals surface area contributed by atoms with E-state index in [4.69, 9.17) is 5.26 Å². The number of hydrogen-bond acceptors (Lipinski definition) is 4. The van der Waals surface area contributed by atoms with Crippen LogP contribution in [-0.4, -0.2) is 23.0 Å². The summed E-state index contributed by atoms with van der Waals surface area (Å²) in [5, 5.41) is 12.0. The van der Waals surface area contributed by atoms with Gasteiger partial charge in [0.25, 0.3) is 0 Å². The fraction of sp³-hybridized carbons (Fsp3) is 0.455. The summed E-state index contributed by atoms with van der Waals surface area (Å²) in [4.78, 5) is 4.17. The quantitative estimate of drug-likeness (QED) is 0.830. The third-order valence-electron chi connectivity index (χ3n) is 2.04. The number of aromatic nitrogens is 1. The number of rotatable bonds is 5. The van der Waals surface area contributed by atoms with Crippen LogP contribution in [0.3, 0.4) is 0 Å². The van der Waals surface area contributed by atoms with Crippen LogP contribution < -0.4 is 5.32 Å². The maximum atomic E-state index is 8.73. The molecule has 1 atom stereocenters. The second kappa shape index (κ2) is 6.31. The molecule has 1 unspecified atom stereocenters. The number of nitrogens with one attached hydrogen (secondary N) is 1. The third kappa shape index (κ3) is 4.22. The fourth-order valence-corrected chi connectivity index (χ4v) is 1.79. The molecule has 15 heavy (non-hydrogen) atoms. The summed E-state index contributed by atoms with van der Waals surface area (Å²) >= 11 is 1.84. The van der Waals surface area contributed by atoms with E-state index in [1.165, 1.54) is 0 Å². The molecule has 0 spiro atoms. The lowest BCUT2D eigenvalue weighted by molar-refractivity contribution is 0.767. The molecule has 0 bridgehead atoms. The Labute approximate surface area is 94.9 Å². The van der Waals surface area contributed by atoms with Gasteiger partial charge in [0.05, 0.1) is 11.6 Å². The van der Waals surface area contributed by atoms with E-state index in [0.29, 0.717) is 11.6 Å². The lowest BCUT2D eigenvalue weighted by Gasteiger charge is -2.13. The minimum absolute atomic E-state index is 0.388. The summed E-state index contributed by atoms with van der Waals surface area (Å²) in [5.74, 6) is 1.91. The van der Waals surface area contributed by atoms with E-state index < -0.39 is 0 Å². The van der Waals surface area contributed by atoms with Crippen LogP contribution in [0.2, 0.25) is 0 Å². The SMILES string of the molecule is CSCCC(C)Nc1cc(C#N)ccn1. The normalized spacial score (nSPS) is 11.8. The van der Waals surface area contributed by atoms with Crippen LogP contribution in [0.4, 0.5) is 5.82 Å².